The average Bonchev–Trinajstić information content (AvgIpc) is 2.56. The van der Waals surface area contributed by atoms with Crippen LogP contribution in [0, 0.1) is 19.7 Å². The van der Waals surface area contributed by atoms with Crippen molar-refractivity contribution in [1.29, 1.82) is 0 Å². The molecule has 1 aromatic heterocycles. The van der Waals surface area contributed by atoms with Crippen molar-refractivity contribution >= 4 is 29.2 Å². The number of hydrogen-bond acceptors (Lipinski definition) is 4. The monoisotopic (exact) mass is 374 g/mol. The van der Waals surface area contributed by atoms with Gasteiger partial charge in [-0.2, -0.15) is 0 Å². The number of aromatic nitrogens is 2. The predicted octanol–water partition coefficient (Wildman–Crippen LogP) is 2.73. The van der Waals surface area contributed by atoms with Crippen molar-refractivity contribution in [3.63, 3.8) is 0 Å². The summed E-state index contributed by atoms with van der Waals surface area (Å²) in [6, 6.07) is 8.29. The van der Waals surface area contributed by atoms with Gasteiger partial charge in [-0.25, -0.2) is 14.4 Å². The van der Waals surface area contributed by atoms with Gasteiger partial charge in [0.15, 0.2) is 5.11 Å². The number of aliphatic imine (C=N–C) groups is 1. The molecule has 0 saturated heterocycles. The van der Waals surface area contributed by atoms with Gasteiger partial charge in [-0.05, 0) is 63.2 Å². The van der Waals surface area contributed by atoms with E-state index in [0.29, 0.717) is 36.5 Å². The minimum Gasteiger partial charge on any atom is -0.363 e. The van der Waals surface area contributed by atoms with Gasteiger partial charge in [0.05, 0.1) is 0 Å². The Hall–Kier alpha value is -2.61. The highest BCUT2D eigenvalue weighted by atomic mass is 32.1. The molecule has 3 N–H and O–H groups in total. The normalized spacial score (nSPS) is 11.2. The molecule has 6 nitrogen and oxygen atoms in total. The van der Waals surface area contributed by atoms with E-state index in [1.54, 1.807) is 12.1 Å². The Kier molecular flexibility index (Phi) is 7.40. The highest BCUT2D eigenvalue weighted by Gasteiger charge is 2.06. The topological polar surface area (TPSA) is 74.2 Å². The average molecular weight is 374 g/mol. The summed E-state index contributed by atoms with van der Waals surface area (Å²) >= 11 is 5.23. The Morgan fingerprint density at radius 1 is 1.15 bits per heavy atom. The van der Waals surface area contributed by atoms with Gasteiger partial charge < -0.3 is 10.6 Å². The molecule has 0 unspecified atom stereocenters. The van der Waals surface area contributed by atoms with Crippen LogP contribution in [-0.4, -0.2) is 34.1 Å². The molecule has 2 aromatic rings. The van der Waals surface area contributed by atoms with E-state index >= 15 is 0 Å². The smallest absolute Gasteiger partial charge is 0.229 e. The third-order valence-electron chi connectivity index (χ3n) is 3.37. The molecule has 2 rings (SSSR count). The number of aryl methyl sites for hydroxylation is 2. The summed E-state index contributed by atoms with van der Waals surface area (Å²) in [6.45, 7) is 6.97. The number of benzene rings is 1. The van der Waals surface area contributed by atoms with Gasteiger partial charge in [-0.15, -0.1) is 0 Å². The van der Waals surface area contributed by atoms with Crippen molar-refractivity contribution in [2.75, 3.05) is 18.4 Å². The highest BCUT2D eigenvalue weighted by Crippen LogP contribution is 2.05. The molecule has 0 aliphatic heterocycles. The molecule has 0 atom stereocenters. The van der Waals surface area contributed by atoms with Crippen LogP contribution in [0.15, 0.2) is 35.3 Å². The van der Waals surface area contributed by atoms with Crippen molar-refractivity contribution in [3.05, 3.63) is 53.1 Å². The highest BCUT2D eigenvalue weighted by molar-refractivity contribution is 7.80. The fourth-order valence-electron chi connectivity index (χ4n) is 2.26. The predicted molar refractivity (Wildman–Crippen MR) is 107 cm³/mol. The van der Waals surface area contributed by atoms with E-state index in [-0.39, 0.29) is 5.82 Å². The second-order valence-electron chi connectivity index (χ2n) is 5.69. The first-order chi connectivity index (χ1) is 12.5. The number of halogens is 1. The van der Waals surface area contributed by atoms with E-state index < -0.39 is 0 Å². The maximum absolute atomic E-state index is 13.0. The molecule has 0 radical (unpaired) electrons. The Bertz CT molecular complexity index is 756. The molecule has 0 bridgehead atoms. The Morgan fingerprint density at radius 3 is 2.42 bits per heavy atom. The number of anilines is 1. The molecule has 0 saturated carbocycles. The molecule has 0 spiro atoms. The molecule has 1 heterocycles. The number of hydrogen-bond donors (Lipinski definition) is 3. The van der Waals surface area contributed by atoms with Gasteiger partial charge in [0.1, 0.15) is 5.82 Å². The van der Waals surface area contributed by atoms with Crippen LogP contribution in [-0.2, 0) is 6.42 Å². The fraction of sp³-hybridized carbons (Fsp3) is 0.333. The first-order valence-electron chi connectivity index (χ1n) is 8.39. The fourth-order valence-corrected chi connectivity index (χ4v) is 2.50. The van der Waals surface area contributed by atoms with Crippen LogP contribution < -0.4 is 16.0 Å². The number of thiocarbonyl (C=S) groups is 1. The molecule has 0 fully saturated rings. The van der Waals surface area contributed by atoms with E-state index in [0.717, 1.165) is 17.0 Å². The Labute approximate surface area is 158 Å². The lowest BCUT2D eigenvalue weighted by Crippen LogP contribution is -2.42. The van der Waals surface area contributed by atoms with Crippen molar-refractivity contribution in [3.8, 4) is 0 Å². The number of rotatable bonds is 5. The summed E-state index contributed by atoms with van der Waals surface area (Å²) in [7, 11) is 0. The lowest BCUT2D eigenvalue weighted by atomic mass is 10.1. The third-order valence-corrected chi connectivity index (χ3v) is 3.61. The zero-order valence-electron chi connectivity index (χ0n) is 15.1. The quantitative estimate of drug-likeness (QED) is 0.425. The van der Waals surface area contributed by atoms with Crippen LogP contribution in [0.5, 0.6) is 0 Å². The van der Waals surface area contributed by atoms with Crippen LogP contribution in [0.3, 0.4) is 0 Å². The van der Waals surface area contributed by atoms with Gasteiger partial charge in [-0.1, -0.05) is 12.1 Å². The van der Waals surface area contributed by atoms with Crippen LogP contribution >= 0.6 is 12.2 Å². The zero-order valence-corrected chi connectivity index (χ0v) is 16.0. The van der Waals surface area contributed by atoms with E-state index in [1.165, 1.54) is 12.1 Å². The van der Waals surface area contributed by atoms with Crippen LogP contribution in [0.1, 0.15) is 23.9 Å². The maximum Gasteiger partial charge on any atom is 0.229 e. The molecular weight excluding hydrogens is 351 g/mol. The van der Waals surface area contributed by atoms with Crippen molar-refractivity contribution in [1.82, 2.24) is 20.6 Å². The molecule has 138 valence electrons. The molecule has 0 amide bonds. The number of guanidine groups is 1. The minimum absolute atomic E-state index is 0.246. The van der Waals surface area contributed by atoms with Crippen molar-refractivity contribution in [2.24, 2.45) is 4.99 Å². The largest absolute Gasteiger partial charge is 0.363 e. The Morgan fingerprint density at radius 2 is 1.81 bits per heavy atom. The SMILES string of the molecule is CCNC(=S)NC(=NCCc1ccc(F)cc1)Nc1nc(C)cc(C)n1. The van der Waals surface area contributed by atoms with Gasteiger partial charge >= 0.3 is 0 Å². The van der Waals surface area contributed by atoms with Gasteiger partial charge in [0.2, 0.25) is 11.9 Å². The van der Waals surface area contributed by atoms with Crippen LogP contribution in [0.2, 0.25) is 0 Å². The van der Waals surface area contributed by atoms with E-state index in [1.807, 2.05) is 26.8 Å². The summed E-state index contributed by atoms with van der Waals surface area (Å²) in [5.74, 6) is 0.669. The summed E-state index contributed by atoms with van der Waals surface area (Å²) in [5.41, 5.74) is 2.73. The Balaban J connectivity index is 2.08. The molecule has 26 heavy (non-hydrogen) atoms. The summed E-state index contributed by atoms with van der Waals surface area (Å²) in [4.78, 5) is 13.2. The van der Waals surface area contributed by atoms with Crippen LogP contribution in [0.4, 0.5) is 10.3 Å². The van der Waals surface area contributed by atoms with Gasteiger partial charge in [0, 0.05) is 24.5 Å². The lowest BCUT2D eigenvalue weighted by molar-refractivity contribution is 0.627. The zero-order chi connectivity index (χ0) is 18.9. The molecule has 1 aromatic carbocycles. The lowest BCUT2D eigenvalue weighted by Gasteiger charge is -2.13. The maximum atomic E-state index is 13.0. The molecule has 0 aliphatic rings. The summed E-state index contributed by atoms with van der Waals surface area (Å²) in [5, 5.41) is 9.57. The van der Waals surface area contributed by atoms with E-state index in [4.69, 9.17) is 12.2 Å². The molecular formula is C18H23FN6S. The van der Waals surface area contributed by atoms with Gasteiger partial charge in [-0.3, -0.25) is 10.3 Å². The molecule has 0 aliphatic carbocycles. The number of nitrogens with one attached hydrogen (secondary N) is 3. The van der Waals surface area contributed by atoms with Crippen molar-refractivity contribution in [2.45, 2.75) is 27.2 Å². The number of nitrogens with zero attached hydrogens (tertiary/aromatic N) is 3. The second-order valence-corrected chi connectivity index (χ2v) is 6.10. The van der Waals surface area contributed by atoms with Crippen LogP contribution in [0.25, 0.3) is 0 Å². The summed E-state index contributed by atoms with van der Waals surface area (Å²) < 4.78 is 13.0. The van der Waals surface area contributed by atoms with Gasteiger partial charge in [0.25, 0.3) is 0 Å². The first-order valence-corrected chi connectivity index (χ1v) is 8.80. The first kappa shape index (κ1) is 19.7. The third kappa shape index (κ3) is 6.72. The second kappa shape index (κ2) is 9.76. The standard InChI is InChI=1S/C18H23FN6S/c1-4-20-18(26)25-16(24-17-22-12(2)11-13(3)23-17)21-10-9-14-5-7-15(19)8-6-14/h5-8,11H,4,9-10H2,1-3H3,(H3,20,21,22,23,24,25,26). The minimum atomic E-state index is -0.246. The molecule has 8 heteroatoms. The van der Waals surface area contributed by atoms with E-state index in [9.17, 15) is 4.39 Å². The van der Waals surface area contributed by atoms with Crippen molar-refractivity contribution < 1.29 is 4.39 Å². The van der Waals surface area contributed by atoms with E-state index in [2.05, 4.69) is 30.9 Å². The summed E-state index contributed by atoms with van der Waals surface area (Å²) in [6.07, 6.45) is 0.675.